The second-order valence-corrected chi connectivity index (χ2v) is 24.3. The summed E-state index contributed by atoms with van der Waals surface area (Å²) < 4.78 is 31.3. The fourth-order valence-electron chi connectivity index (χ4n) is 4.08. The van der Waals surface area contributed by atoms with E-state index >= 15 is 0 Å². The van der Waals surface area contributed by atoms with Gasteiger partial charge in [0.15, 0.2) is 16.6 Å². The molecule has 0 radical (unpaired) electrons. The van der Waals surface area contributed by atoms with Crippen LogP contribution in [-0.4, -0.2) is 55.8 Å². The Balaban J connectivity index is 3.15. The molecule has 0 aliphatic carbocycles. The molecule has 5 nitrogen and oxygen atoms in total. The van der Waals surface area contributed by atoms with Crippen LogP contribution in [0.5, 0.6) is 5.75 Å². The molecule has 0 saturated carbocycles. The van der Waals surface area contributed by atoms with Gasteiger partial charge < -0.3 is 23.1 Å². The number of benzene rings is 1. The van der Waals surface area contributed by atoms with Gasteiger partial charge in [-0.1, -0.05) is 84.4 Å². The van der Waals surface area contributed by atoms with Gasteiger partial charge in [-0.05, 0) is 74.2 Å². The predicted octanol–water partition coefficient (Wildman–Crippen LogP) is 9.56. The highest BCUT2D eigenvalue weighted by atomic mass is 28.4. The fraction of sp³-hybridized carbons (Fsp3) is 0.706. The molecule has 0 fully saturated rings. The van der Waals surface area contributed by atoms with E-state index in [-0.39, 0.29) is 34.3 Å². The normalized spacial score (nSPS) is 16.7. The third kappa shape index (κ3) is 11.8. The van der Waals surface area contributed by atoms with Crippen LogP contribution in [0.3, 0.4) is 0 Å². The van der Waals surface area contributed by atoms with E-state index in [2.05, 4.69) is 113 Å². The Morgan fingerprint density at radius 2 is 1.44 bits per heavy atom. The van der Waals surface area contributed by atoms with Crippen LogP contribution >= 0.6 is 0 Å². The quantitative estimate of drug-likeness (QED) is 0.138. The van der Waals surface area contributed by atoms with Gasteiger partial charge in [-0.25, -0.2) is 0 Å². The van der Waals surface area contributed by atoms with Crippen molar-refractivity contribution in [3.63, 3.8) is 0 Å². The Bertz CT molecular complexity index is 970. The molecule has 1 rings (SSSR count). The lowest BCUT2D eigenvalue weighted by Crippen LogP contribution is -2.47. The number of ether oxygens (including phenoxy) is 3. The summed E-state index contributed by atoms with van der Waals surface area (Å²) >= 11 is 0. The molecule has 0 aromatic heterocycles. The van der Waals surface area contributed by atoms with E-state index in [0.717, 1.165) is 23.3 Å². The molecule has 0 unspecified atom stereocenters. The van der Waals surface area contributed by atoms with Gasteiger partial charge >= 0.3 is 0 Å². The minimum atomic E-state index is -1.99. The molecule has 1 aromatic rings. The molecule has 0 N–H and O–H groups in total. The van der Waals surface area contributed by atoms with Gasteiger partial charge in [0.2, 0.25) is 0 Å². The first-order valence-corrected chi connectivity index (χ1v) is 20.9. The van der Waals surface area contributed by atoms with Crippen LogP contribution in [0.2, 0.25) is 36.3 Å². The highest BCUT2D eigenvalue weighted by Gasteiger charge is 2.41. The molecule has 0 aliphatic heterocycles. The summed E-state index contributed by atoms with van der Waals surface area (Å²) in [4.78, 5) is 0. The Kier molecular flexibility index (Phi) is 14.3. The van der Waals surface area contributed by atoms with E-state index in [0.29, 0.717) is 13.2 Å². The number of hydrogen-bond donors (Lipinski definition) is 0. The first-order valence-electron chi connectivity index (χ1n) is 15.1. The first-order chi connectivity index (χ1) is 18.6. The molecule has 0 amide bonds. The van der Waals surface area contributed by atoms with Crippen molar-refractivity contribution in [3.05, 3.63) is 53.6 Å². The molecule has 236 valence electrons. The zero-order chi connectivity index (χ0) is 31.8. The lowest BCUT2D eigenvalue weighted by atomic mass is 9.92. The van der Waals surface area contributed by atoms with Gasteiger partial charge in [-0.15, -0.1) is 0 Å². The maximum absolute atomic E-state index is 6.86. The highest BCUT2D eigenvalue weighted by Crippen LogP contribution is 2.40. The number of hydrogen-bond acceptors (Lipinski definition) is 5. The van der Waals surface area contributed by atoms with Crippen LogP contribution in [0.25, 0.3) is 0 Å². The van der Waals surface area contributed by atoms with E-state index in [9.17, 15) is 0 Å². The van der Waals surface area contributed by atoms with Gasteiger partial charge in [0.05, 0.1) is 38.6 Å². The Morgan fingerprint density at radius 3 is 1.88 bits per heavy atom. The van der Waals surface area contributed by atoms with Gasteiger partial charge in [0.25, 0.3) is 0 Å². The molecule has 41 heavy (non-hydrogen) atoms. The number of methoxy groups -OCH3 is 2. The Morgan fingerprint density at radius 1 is 0.902 bits per heavy atom. The molecule has 7 heteroatoms. The van der Waals surface area contributed by atoms with Crippen molar-refractivity contribution >= 4 is 16.6 Å². The average Bonchev–Trinajstić information content (AvgIpc) is 2.85. The lowest BCUT2D eigenvalue weighted by molar-refractivity contribution is 0.00574. The van der Waals surface area contributed by atoms with Crippen molar-refractivity contribution in [1.82, 2.24) is 0 Å². The third-order valence-electron chi connectivity index (χ3n) is 9.06. The Hall–Kier alpha value is -1.23. The summed E-state index contributed by atoms with van der Waals surface area (Å²) in [5.41, 5.74) is 3.37. The first kappa shape index (κ1) is 37.8. The van der Waals surface area contributed by atoms with E-state index in [1.165, 1.54) is 5.57 Å². The summed E-state index contributed by atoms with van der Waals surface area (Å²) in [7, 11) is -0.450. The summed E-state index contributed by atoms with van der Waals surface area (Å²) in [6, 6.07) is 8.05. The highest BCUT2D eigenvalue weighted by molar-refractivity contribution is 6.74. The van der Waals surface area contributed by atoms with Crippen LogP contribution in [0, 0.1) is 5.92 Å². The molecule has 0 heterocycles. The standard InChI is InChI=1S/C34H62O5Si2/c1-25(2)32(39-41(15,16)34(8,9)10)27(4)31(36-12)22-26(3)21-30(24-38-40(13,14)33(5,6)7)37-23-28-17-19-29(35-11)20-18-28/h17-20,22,27,30-32H,1,21,23-24H2,2-16H3/b26-22+/t27-,30+,31-,32-/m1/s1. The monoisotopic (exact) mass is 606 g/mol. The predicted molar refractivity (Wildman–Crippen MR) is 180 cm³/mol. The summed E-state index contributed by atoms with van der Waals surface area (Å²) in [6.45, 7) is 34.6. The minimum absolute atomic E-state index is 0.0734. The van der Waals surface area contributed by atoms with Crippen LogP contribution < -0.4 is 4.74 Å². The van der Waals surface area contributed by atoms with Crippen LogP contribution in [0.4, 0.5) is 0 Å². The molecular formula is C34H62O5Si2. The van der Waals surface area contributed by atoms with Crippen LogP contribution in [-0.2, 0) is 24.9 Å². The lowest BCUT2D eigenvalue weighted by Gasteiger charge is -2.42. The van der Waals surface area contributed by atoms with E-state index in [4.69, 9.17) is 23.1 Å². The van der Waals surface area contributed by atoms with Crippen molar-refractivity contribution in [1.29, 1.82) is 0 Å². The molecule has 1 aromatic carbocycles. The zero-order valence-electron chi connectivity index (χ0n) is 29.1. The molecule has 0 bridgehead atoms. The van der Waals surface area contributed by atoms with Gasteiger partial charge in [0.1, 0.15) is 5.75 Å². The molecular weight excluding hydrogens is 545 g/mol. The van der Waals surface area contributed by atoms with Crippen molar-refractivity contribution in [3.8, 4) is 5.75 Å². The summed E-state index contributed by atoms with van der Waals surface area (Å²) in [5, 5.41) is 0.254. The Labute approximate surface area is 255 Å². The van der Waals surface area contributed by atoms with E-state index in [1.807, 2.05) is 12.1 Å². The smallest absolute Gasteiger partial charge is 0.192 e. The second-order valence-electron chi connectivity index (χ2n) is 14.8. The summed E-state index contributed by atoms with van der Waals surface area (Å²) in [5.74, 6) is 0.958. The minimum Gasteiger partial charge on any atom is -0.497 e. The fourth-order valence-corrected chi connectivity index (χ4v) is 6.52. The molecule has 0 spiro atoms. The van der Waals surface area contributed by atoms with Gasteiger partial charge in [-0.3, -0.25) is 0 Å². The molecule has 4 atom stereocenters. The van der Waals surface area contributed by atoms with Crippen LogP contribution in [0.1, 0.15) is 74.3 Å². The molecule has 0 aliphatic rings. The maximum Gasteiger partial charge on any atom is 0.192 e. The topological polar surface area (TPSA) is 46.2 Å². The number of rotatable bonds is 16. The van der Waals surface area contributed by atoms with Crippen molar-refractivity contribution in [2.75, 3.05) is 20.8 Å². The molecule has 0 saturated heterocycles. The van der Waals surface area contributed by atoms with Gasteiger partial charge in [-0.2, -0.15) is 0 Å². The van der Waals surface area contributed by atoms with E-state index in [1.54, 1.807) is 14.2 Å². The zero-order valence-corrected chi connectivity index (χ0v) is 31.1. The third-order valence-corrected chi connectivity index (χ3v) is 18.0. The van der Waals surface area contributed by atoms with Crippen molar-refractivity contribution < 1.29 is 23.1 Å². The largest absolute Gasteiger partial charge is 0.497 e. The van der Waals surface area contributed by atoms with Crippen LogP contribution in [0.15, 0.2) is 48.1 Å². The van der Waals surface area contributed by atoms with Gasteiger partial charge in [0, 0.05) is 13.0 Å². The van der Waals surface area contributed by atoms with Crippen molar-refractivity contribution in [2.45, 2.75) is 130 Å². The maximum atomic E-state index is 6.86. The SMILES string of the molecule is C=C(C)[C@@H](O[Si](C)(C)C(C)(C)C)[C@H](C)[C@@H](/C=C(\C)C[C@@H](CO[Si](C)(C)C(C)(C)C)OCc1ccc(OC)cc1)OC. The summed E-state index contributed by atoms with van der Waals surface area (Å²) in [6.07, 6.45) is 2.75. The van der Waals surface area contributed by atoms with E-state index < -0.39 is 16.6 Å². The second kappa shape index (κ2) is 15.5. The van der Waals surface area contributed by atoms with Crippen molar-refractivity contribution in [2.24, 2.45) is 5.92 Å². The average molecular weight is 607 g/mol.